The number of halogens is 2. The molecule has 0 spiro atoms. The van der Waals surface area contributed by atoms with Crippen LogP contribution in [0, 0.1) is 0 Å². The molecule has 3 nitrogen and oxygen atoms in total. The lowest BCUT2D eigenvalue weighted by molar-refractivity contribution is -0.195. The van der Waals surface area contributed by atoms with E-state index in [0.29, 0.717) is 6.41 Å². The monoisotopic (exact) mass is 151 g/mol. The predicted octanol–water partition coefficient (Wildman–Crippen LogP) is 0.0662. The summed E-state index contributed by atoms with van der Waals surface area (Å²) in [6.45, 7) is -2.15. The zero-order valence-electron chi connectivity index (χ0n) is 5.17. The first-order valence-corrected chi connectivity index (χ1v) is 2.85. The van der Waals surface area contributed by atoms with E-state index >= 15 is 0 Å². The van der Waals surface area contributed by atoms with Crippen molar-refractivity contribution in [3.05, 3.63) is 0 Å². The lowest BCUT2D eigenvalue weighted by atomic mass is 10.2. The Hall–Kier alpha value is -0.710. The molecule has 1 amide bonds. The first kappa shape index (κ1) is 7.40. The van der Waals surface area contributed by atoms with Crippen LogP contribution in [-0.4, -0.2) is 37.1 Å². The van der Waals surface area contributed by atoms with Crippen molar-refractivity contribution < 1.29 is 18.3 Å². The normalized spacial score (nSPS) is 19.3. The second-order valence-corrected chi connectivity index (χ2v) is 2.08. The SMILES string of the molecule is O=CN1CC(OC(F)F)C1. The predicted molar refractivity (Wildman–Crippen MR) is 28.5 cm³/mol. The summed E-state index contributed by atoms with van der Waals surface area (Å²) in [5.74, 6) is 0. The van der Waals surface area contributed by atoms with Gasteiger partial charge in [-0.3, -0.25) is 4.79 Å². The summed E-state index contributed by atoms with van der Waals surface area (Å²) in [5.41, 5.74) is 0. The summed E-state index contributed by atoms with van der Waals surface area (Å²) in [7, 11) is 0. The van der Waals surface area contributed by atoms with Gasteiger partial charge in [-0.2, -0.15) is 8.78 Å². The van der Waals surface area contributed by atoms with Gasteiger partial charge in [-0.05, 0) is 0 Å². The van der Waals surface area contributed by atoms with Gasteiger partial charge in [0.15, 0.2) is 0 Å². The summed E-state index contributed by atoms with van der Waals surface area (Å²) in [4.78, 5) is 11.3. The molecule has 0 aromatic rings. The lowest BCUT2D eigenvalue weighted by Gasteiger charge is -2.35. The minimum Gasteiger partial charge on any atom is -0.340 e. The molecule has 0 aromatic carbocycles. The van der Waals surface area contributed by atoms with E-state index in [1.807, 2.05) is 0 Å². The molecule has 0 aliphatic carbocycles. The van der Waals surface area contributed by atoms with Gasteiger partial charge in [0.05, 0.1) is 6.10 Å². The smallest absolute Gasteiger partial charge is 0.340 e. The summed E-state index contributed by atoms with van der Waals surface area (Å²) >= 11 is 0. The highest BCUT2D eigenvalue weighted by Gasteiger charge is 2.28. The Morgan fingerprint density at radius 1 is 1.60 bits per heavy atom. The van der Waals surface area contributed by atoms with Gasteiger partial charge in [-0.1, -0.05) is 0 Å². The Bertz CT molecular complexity index is 125. The van der Waals surface area contributed by atoms with Gasteiger partial charge in [0, 0.05) is 13.1 Å². The molecule has 0 atom stereocenters. The Morgan fingerprint density at radius 2 is 2.20 bits per heavy atom. The second-order valence-electron chi connectivity index (χ2n) is 2.08. The summed E-state index contributed by atoms with van der Waals surface area (Å²) in [6.07, 6.45) is 0.149. The van der Waals surface area contributed by atoms with Crippen LogP contribution in [-0.2, 0) is 9.53 Å². The molecular weight excluding hydrogens is 144 g/mol. The van der Waals surface area contributed by atoms with Crippen LogP contribution in [0.3, 0.4) is 0 Å². The van der Waals surface area contributed by atoms with Crippen molar-refractivity contribution in [2.75, 3.05) is 13.1 Å². The van der Waals surface area contributed by atoms with Crippen LogP contribution >= 0.6 is 0 Å². The summed E-state index contributed by atoms with van der Waals surface area (Å²) < 4.78 is 26.9. The van der Waals surface area contributed by atoms with Crippen molar-refractivity contribution in [1.82, 2.24) is 4.90 Å². The maximum Gasteiger partial charge on any atom is 0.345 e. The molecule has 10 heavy (non-hydrogen) atoms. The molecule has 0 radical (unpaired) electrons. The van der Waals surface area contributed by atoms with Crippen LogP contribution in [0.2, 0.25) is 0 Å². The second kappa shape index (κ2) is 2.92. The molecule has 5 heteroatoms. The van der Waals surface area contributed by atoms with E-state index in [9.17, 15) is 13.6 Å². The number of amides is 1. The van der Waals surface area contributed by atoms with Gasteiger partial charge in [0.2, 0.25) is 6.41 Å². The third-order valence-electron chi connectivity index (χ3n) is 1.32. The molecule has 1 fully saturated rings. The molecule has 1 aliphatic heterocycles. The Kier molecular flexibility index (Phi) is 2.16. The topological polar surface area (TPSA) is 29.5 Å². The maximum atomic E-state index is 11.4. The molecule has 1 rings (SSSR count). The fourth-order valence-electron chi connectivity index (χ4n) is 0.787. The van der Waals surface area contributed by atoms with Crippen LogP contribution < -0.4 is 0 Å². The van der Waals surface area contributed by atoms with E-state index in [1.54, 1.807) is 0 Å². The van der Waals surface area contributed by atoms with Crippen molar-refractivity contribution in [2.24, 2.45) is 0 Å². The van der Waals surface area contributed by atoms with Gasteiger partial charge in [0.25, 0.3) is 0 Å². The average Bonchev–Trinajstić information content (AvgIpc) is 1.76. The van der Waals surface area contributed by atoms with E-state index in [4.69, 9.17) is 0 Å². The molecule has 1 heterocycles. The molecule has 0 aromatic heterocycles. The molecule has 0 saturated carbocycles. The van der Waals surface area contributed by atoms with Gasteiger partial charge in [-0.15, -0.1) is 0 Å². The molecule has 1 aliphatic rings. The average molecular weight is 151 g/mol. The molecule has 1 saturated heterocycles. The molecule has 0 bridgehead atoms. The molecule has 0 unspecified atom stereocenters. The maximum absolute atomic E-state index is 11.4. The number of rotatable bonds is 3. The van der Waals surface area contributed by atoms with E-state index in [1.165, 1.54) is 4.90 Å². The zero-order chi connectivity index (χ0) is 7.56. The number of hydrogen-bond donors (Lipinski definition) is 0. The van der Waals surface area contributed by atoms with Crippen molar-refractivity contribution in [3.8, 4) is 0 Å². The minimum absolute atomic E-state index is 0.286. The fraction of sp³-hybridized carbons (Fsp3) is 0.800. The Morgan fingerprint density at radius 3 is 2.60 bits per heavy atom. The van der Waals surface area contributed by atoms with Crippen LogP contribution in [0.5, 0.6) is 0 Å². The largest absolute Gasteiger partial charge is 0.345 e. The fourth-order valence-corrected chi connectivity index (χ4v) is 0.787. The van der Waals surface area contributed by atoms with Crippen LogP contribution in [0.1, 0.15) is 0 Å². The van der Waals surface area contributed by atoms with Crippen LogP contribution in [0.4, 0.5) is 8.78 Å². The number of likely N-dealkylation sites (tertiary alicyclic amines) is 1. The van der Waals surface area contributed by atoms with E-state index < -0.39 is 12.7 Å². The number of nitrogens with zero attached hydrogens (tertiary/aromatic N) is 1. The van der Waals surface area contributed by atoms with Crippen molar-refractivity contribution in [3.63, 3.8) is 0 Å². The van der Waals surface area contributed by atoms with Crippen LogP contribution in [0.15, 0.2) is 0 Å². The highest BCUT2D eigenvalue weighted by Crippen LogP contribution is 2.12. The highest BCUT2D eigenvalue weighted by molar-refractivity contribution is 5.48. The molecule has 58 valence electrons. The van der Waals surface area contributed by atoms with Gasteiger partial charge < -0.3 is 9.64 Å². The lowest BCUT2D eigenvalue weighted by Crippen LogP contribution is -2.51. The highest BCUT2D eigenvalue weighted by atomic mass is 19.3. The number of hydrogen-bond acceptors (Lipinski definition) is 2. The van der Waals surface area contributed by atoms with Crippen molar-refractivity contribution >= 4 is 6.41 Å². The number of ether oxygens (including phenoxy) is 1. The van der Waals surface area contributed by atoms with Gasteiger partial charge >= 0.3 is 6.61 Å². The Balaban J connectivity index is 2.08. The van der Waals surface area contributed by atoms with E-state index in [0.717, 1.165) is 0 Å². The van der Waals surface area contributed by atoms with E-state index in [-0.39, 0.29) is 13.1 Å². The van der Waals surface area contributed by atoms with Crippen molar-refractivity contribution in [2.45, 2.75) is 12.7 Å². The van der Waals surface area contributed by atoms with Gasteiger partial charge in [0.1, 0.15) is 0 Å². The number of carbonyl (C=O) groups excluding carboxylic acids is 1. The molecule has 0 N–H and O–H groups in total. The standard InChI is InChI=1S/C5H7F2NO2/c6-5(7)10-4-1-8(2-4)3-9/h3-5H,1-2H2. The zero-order valence-corrected chi connectivity index (χ0v) is 5.17. The first-order chi connectivity index (χ1) is 4.72. The number of carbonyl (C=O) groups is 1. The molecular formula is C5H7F2NO2. The third kappa shape index (κ3) is 1.63. The summed E-state index contributed by atoms with van der Waals surface area (Å²) in [5, 5.41) is 0. The first-order valence-electron chi connectivity index (χ1n) is 2.85. The quantitative estimate of drug-likeness (QED) is 0.534. The van der Waals surface area contributed by atoms with Crippen molar-refractivity contribution in [1.29, 1.82) is 0 Å². The summed E-state index contributed by atoms with van der Waals surface area (Å²) in [6, 6.07) is 0. The van der Waals surface area contributed by atoms with Gasteiger partial charge in [-0.25, -0.2) is 0 Å². The minimum atomic E-state index is -2.72. The van der Waals surface area contributed by atoms with E-state index in [2.05, 4.69) is 4.74 Å². The third-order valence-corrected chi connectivity index (χ3v) is 1.32. The Labute approximate surface area is 56.6 Å². The number of alkyl halides is 2. The van der Waals surface area contributed by atoms with Crippen LogP contribution in [0.25, 0.3) is 0 Å².